The number of hydrogen-bond donors (Lipinski definition) is 1. The molecular weight excluding hydrogens is 290 g/mol. The zero-order valence-electron chi connectivity index (χ0n) is 11.8. The standard InChI is InChI=1S/C14H17F4NO2/c1-3-13(12(20)21-4-2,19-9-14(16,17)18)10-6-5-7-11(15)8-10/h5-8,19H,3-4,9H2,1-2H3. The van der Waals surface area contributed by atoms with E-state index in [0.717, 1.165) is 12.1 Å². The second kappa shape index (κ2) is 6.89. The van der Waals surface area contributed by atoms with Crippen LogP contribution in [0.25, 0.3) is 0 Å². The molecule has 0 aromatic heterocycles. The van der Waals surface area contributed by atoms with Gasteiger partial charge in [-0.1, -0.05) is 19.1 Å². The maximum absolute atomic E-state index is 13.4. The third-order valence-electron chi connectivity index (χ3n) is 3.06. The minimum Gasteiger partial charge on any atom is -0.464 e. The molecule has 0 heterocycles. The number of rotatable bonds is 6. The number of benzene rings is 1. The lowest BCUT2D eigenvalue weighted by atomic mass is 9.87. The van der Waals surface area contributed by atoms with Gasteiger partial charge in [-0.05, 0) is 31.0 Å². The second-order valence-corrected chi connectivity index (χ2v) is 4.46. The Labute approximate surface area is 120 Å². The Bertz CT molecular complexity index is 490. The summed E-state index contributed by atoms with van der Waals surface area (Å²) < 4.78 is 55.7. The molecule has 1 rings (SSSR count). The smallest absolute Gasteiger partial charge is 0.401 e. The van der Waals surface area contributed by atoms with Gasteiger partial charge >= 0.3 is 12.1 Å². The van der Waals surface area contributed by atoms with Crippen molar-refractivity contribution in [1.82, 2.24) is 5.32 Å². The van der Waals surface area contributed by atoms with Crippen molar-refractivity contribution in [3.63, 3.8) is 0 Å². The van der Waals surface area contributed by atoms with Crippen molar-refractivity contribution in [2.75, 3.05) is 13.2 Å². The third-order valence-corrected chi connectivity index (χ3v) is 3.06. The third kappa shape index (κ3) is 4.42. The SMILES string of the molecule is CCOC(=O)C(CC)(NCC(F)(F)F)c1cccc(F)c1. The van der Waals surface area contributed by atoms with E-state index in [4.69, 9.17) is 4.74 Å². The molecule has 0 fully saturated rings. The first-order valence-electron chi connectivity index (χ1n) is 6.50. The second-order valence-electron chi connectivity index (χ2n) is 4.46. The Kier molecular flexibility index (Phi) is 5.71. The summed E-state index contributed by atoms with van der Waals surface area (Å²) >= 11 is 0. The van der Waals surface area contributed by atoms with Gasteiger partial charge in [-0.2, -0.15) is 13.2 Å². The van der Waals surface area contributed by atoms with Gasteiger partial charge in [0.1, 0.15) is 11.4 Å². The van der Waals surface area contributed by atoms with Gasteiger partial charge in [0.2, 0.25) is 0 Å². The lowest BCUT2D eigenvalue weighted by Gasteiger charge is -2.32. The maximum Gasteiger partial charge on any atom is 0.401 e. The molecule has 1 aromatic rings. The summed E-state index contributed by atoms with van der Waals surface area (Å²) in [6.45, 7) is 1.72. The van der Waals surface area contributed by atoms with Crippen molar-refractivity contribution in [3.8, 4) is 0 Å². The van der Waals surface area contributed by atoms with E-state index in [2.05, 4.69) is 5.32 Å². The summed E-state index contributed by atoms with van der Waals surface area (Å²) in [6.07, 6.45) is -4.51. The summed E-state index contributed by atoms with van der Waals surface area (Å²) in [5.74, 6) is -1.49. The normalized spacial score (nSPS) is 14.6. The minimum absolute atomic E-state index is 0.00856. The van der Waals surface area contributed by atoms with E-state index < -0.39 is 30.0 Å². The first kappa shape index (κ1) is 17.4. The number of hydrogen-bond acceptors (Lipinski definition) is 3. The fraction of sp³-hybridized carbons (Fsp3) is 0.500. The highest BCUT2D eigenvalue weighted by Gasteiger charge is 2.43. The van der Waals surface area contributed by atoms with Crippen LogP contribution < -0.4 is 5.32 Å². The number of esters is 1. The molecule has 0 saturated heterocycles. The zero-order valence-corrected chi connectivity index (χ0v) is 11.8. The Balaban J connectivity index is 3.22. The molecule has 0 bridgehead atoms. The first-order chi connectivity index (χ1) is 9.75. The molecule has 3 nitrogen and oxygen atoms in total. The van der Waals surface area contributed by atoms with Gasteiger partial charge in [-0.15, -0.1) is 0 Å². The van der Waals surface area contributed by atoms with Gasteiger partial charge in [0.05, 0.1) is 13.2 Å². The van der Waals surface area contributed by atoms with Crippen LogP contribution >= 0.6 is 0 Å². The average Bonchev–Trinajstić information content (AvgIpc) is 2.39. The topological polar surface area (TPSA) is 38.3 Å². The Morgan fingerprint density at radius 1 is 1.29 bits per heavy atom. The van der Waals surface area contributed by atoms with Crippen molar-refractivity contribution in [2.24, 2.45) is 0 Å². The first-order valence-corrected chi connectivity index (χ1v) is 6.50. The fourth-order valence-electron chi connectivity index (χ4n) is 2.02. The highest BCUT2D eigenvalue weighted by Crippen LogP contribution is 2.29. The lowest BCUT2D eigenvalue weighted by molar-refractivity contribution is -0.156. The molecule has 1 N–H and O–H groups in total. The molecule has 118 valence electrons. The largest absolute Gasteiger partial charge is 0.464 e. The van der Waals surface area contributed by atoms with Gasteiger partial charge < -0.3 is 4.74 Å². The molecule has 0 spiro atoms. The molecule has 0 aliphatic rings. The highest BCUT2D eigenvalue weighted by molar-refractivity contribution is 5.82. The Morgan fingerprint density at radius 2 is 1.95 bits per heavy atom. The molecule has 0 saturated carbocycles. The van der Waals surface area contributed by atoms with Crippen LogP contribution in [0.4, 0.5) is 17.6 Å². The molecule has 21 heavy (non-hydrogen) atoms. The number of halogens is 4. The lowest BCUT2D eigenvalue weighted by Crippen LogP contribution is -2.52. The van der Waals surface area contributed by atoms with Gasteiger partial charge in [0.15, 0.2) is 0 Å². The van der Waals surface area contributed by atoms with Crippen LogP contribution in [0.15, 0.2) is 24.3 Å². The average molecular weight is 307 g/mol. The van der Waals surface area contributed by atoms with E-state index in [9.17, 15) is 22.4 Å². The quantitative estimate of drug-likeness (QED) is 0.648. The van der Waals surface area contributed by atoms with Crippen LogP contribution in [0.5, 0.6) is 0 Å². The molecule has 0 amide bonds. The molecule has 1 atom stereocenters. The van der Waals surface area contributed by atoms with Crippen LogP contribution in [0.3, 0.4) is 0 Å². The van der Waals surface area contributed by atoms with Crippen molar-refractivity contribution in [3.05, 3.63) is 35.6 Å². The molecule has 1 aromatic carbocycles. The van der Waals surface area contributed by atoms with E-state index in [-0.39, 0.29) is 18.6 Å². The fourth-order valence-corrected chi connectivity index (χ4v) is 2.02. The minimum atomic E-state index is -4.50. The number of ether oxygens (including phenoxy) is 1. The number of carbonyl (C=O) groups is 1. The monoisotopic (exact) mass is 307 g/mol. The van der Waals surface area contributed by atoms with E-state index in [1.165, 1.54) is 19.1 Å². The molecule has 0 aliphatic carbocycles. The van der Waals surface area contributed by atoms with E-state index in [0.29, 0.717) is 0 Å². The number of alkyl halides is 3. The Morgan fingerprint density at radius 3 is 2.43 bits per heavy atom. The summed E-state index contributed by atoms with van der Waals surface area (Å²) in [4.78, 5) is 12.2. The molecular formula is C14H17F4NO2. The molecule has 1 unspecified atom stereocenters. The van der Waals surface area contributed by atoms with Gasteiger partial charge in [-0.3, -0.25) is 5.32 Å². The number of nitrogens with one attached hydrogen (secondary N) is 1. The summed E-state index contributed by atoms with van der Waals surface area (Å²) in [5.41, 5.74) is -1.62. The van der Waals surface area contributed by atoms with Crippen LogP contribution in [0.1, 0.15) is 25.8 Å². The van der Waals surface area contributed by atoms with Crippen molar-refractivity contribution >= 4 is 5.97 Å². The molecule has 0 radical (unpaired) electrons. The summed E-state index contributed by atoms with van der Waals surface area (Å²) in [7, 11) is 0. The molecule has 0 aliphatic heterocycles. The van der Waals surface area contributed by atoms with E-state index >= 15 is 0 Å². The predicted molar refractivity (Wildman–Crippen MR) is 69.1 cm³/mol. The van der Waals surface area contributed by atoms with Crippen LogP contribution in [0, 0.1) is 5.82 Å². The van der Waals surface area contributed by atoms with Crippen molar-refractivity contribution in [1.29, 1.82) is 0 Å². The van der Waals surface area contributed by atoms with Gasteiger partial charge in [-0.25, -0.2) is 9.18 Å². The summed E-state index contributed by atoms with van der Waals surface area (Å²) in [6, 6.07) is 4.92. The van der Waals surface area contributed by atoms with Gasteiger partial charge in [0, 0.05) is 0 Å². The van der Waals surface area contributed by atoms with Crippen LogP contribution in [0.2, 0.25) is 0 Å². The predicted octanol–water partition coefficient (Wildman–Crippen LogP) is 3.15. The number of carbonyl (C=O) groups excluding carboxylic acids is 1. The molecule has 7 heteroatoms. The van der Waals surface area contributed by atoms with Crippen molar-refractivity contribution < 1.29 is 27.1 Å². The van der Waals surface area contributed by atoms with Crippen molar-refractivity contribution in [2.45, 2.75) is 32.0 Å². The van der Waals surface area contributed by atoms with E-state index in [1.807, 2.05) is 0 Å². The highest BCUT2D eigenvalue weighted by atomic mass is 19.4. The van der Waals surface area contributed by atoms with E-state index in [1.54, 1.807) is 6.92 Å². The van der Waals surface area contributed by atoms with Crippen LogP contribution in [-0.4, -0.2) is 25.3 Å². The Hall–Kier alpha value is -1.63. The maximum atomic E-state index is 13.4. The van der Waals surface area contributed by atoms with Crippen LogP contribution in [-0.2, 0) is 15.1 Å². The summed E-state index contributed by atoms with van der Waals surface area (Å²) in [5, 5.41) is 2.18. The van der Waals surface area contributed by atoms with Gasteiger partial charge in [0.25, 0.3) is 0 Å². The zero-order chi connectivity index (χ0) is 16.1.